The maximum Gasteiger partial charge on any atom is 0.257 e. The van der Waals surface area contributed by atoms with Gasteiger partial charge in [0.1, 0.15) is 5.75 Å². The number of methoxy groups -OCH3 is 1. The zero-order chi connectivity index (χ0) is 18.2. The third-order valence-electron chi connectivity index (χ3n) is 3.38. The van der Waals surface area contributed by atoms with Gasteiger partial charge < -0.3 is 15.4 Å². The number of rotatable bonds is 5. The molecule has 2 aromatic carbocycles. The van der Waals surface area contributed by atoms with E-state index in [2.05, 4.69) is 21.5 Å². The molecule has 0 aliphatic heterocycles. The molecule has 132 valence electrons. The molecule has 0 bridgehead atoms. The van der Waals surface area contributed by atoms with Gasteiger partial charge in [0.2, 0.25) is 0 Å². The molecule has 0 saturated carbocycles. The molecule has 0 aromatic heterocycles. The lowest BCUT2D eigenvalue weighted by atomic mass is 10.2. The maximum atomic E-state index is 11.9. The molecule has 8 heteroatoms. The summed E-state index contributed by atoms with van der Waals surface area (Å²) in [6, 6.07) is 12.8. The summed E-state index contributed by atoms with van der Waals surface area (Å²) in [6.07, 6.45) is 0. The molecule has 0 spiro atoms. The quantitative estimate of drug-likeness (QED) is 0.473. The van der Waals surface area contributed by atoms with Crippen molar-refractivity contribution < 1.29 is 9.53 Å². The Morgan fingerprint density at radius 3 is 2.60 bits per heavy atom. The van der Waals surface area contributed by atoms with Gasteiger partial charge >= 0.3 is 0 Å². The van der Waals surface area contributed by atoms with Gasteiger partial charge in [-0.05, 0) is 49.0 Å². The SMILES string of the molecule is COc1ccccc1NCC(=O)NNC(=S)Nc1cccc(Cl)c1C. The van der Waals surface area contributed by atoms with E-state index >= 15 is 0 Å². The van der Waals surface area contributed by atoms with Crippen LogP contribution in [0.15, 0.2) is 42.5 Å². The number of benzene rings is 2. The van der Waals surface area contributed by atoms with Crippen LogP contribution in [0.25, 0.3) is 0 Å². The molecule has 4 N–H and O–H groups in total. The van der Waals surface area contributed by atoms with Crippen LogP contribution in [0.3, 0.4) is 0 Å². The standard InChI is InChI=1S/C17H19ClN4O2S/c1-11-12(18)6-5-8-13(11)20-17(25)22-21-16(23)10-19-14-7-3-4-9-15(14)24-2/h3-9,19H,10H2,1-2H3,(H,21,23)(H2,20,22,25). The van der Waals surface area contributed by atoms with Crippen molar-refractivity contribution in [3.8, 4) is 5.75 Å². The molecule has 0 saturated heterocycles. The number of anilines is 2. The van der Waals surface area contributed by atoms with E-state index in [0.29, 0.717) is 10.8 Å². The van der Waals surface area contributed by atoms with Crippen LogP contribution in [0, 0.1) is 6.92 Å². The highest BCUT2D eigenvalue weighted by Gasteiger charge is 2.07. The minimum Gasteiger partial charge on any atom is -0.495 e. The molecule has 0 heterocycles. The normalized spacial score (nSPS) is 9.88. The minimum atomic E-state index is -0.280. The van der Waals surface area contributed by atoms with Crippen LogP contribution in [0.1, 0.15) is 5.56 Å². The van der Waals surface area contributed by atoms with Gasteiger partial charge in [-0.1, -0.05) is 29.8 Å². The second-order valence-corrected chi connectivity index (χ2v) is 5.91. The van der Waals surface area contributed by atoms with Crippen LogP contribution >= 0.6 is 23.8 Å². The smallest absolute Gasteiger partial charge is 0.257 e. The second kappa shape index (κ2) is 9.10. The van der Waals surface area contributed by atoms with Gasteiger partial charge in [-0.25, -0.2) is 0 Å². The summed E-state index contributed by atoms with van der Waals surface area (Å²) >= 11 is 11.2. The summed E-state index contributed by atoms with van der Waals surface area (Å²) in [5, 5.41) is 6.87. The van der Waals surface area contributed by atoms with Crippen molar-refractivity contribution in [2.24, 2.45) is 0 Å². The topological polar surface area (TPSA) is 74.4 Å². The van der Waals surface area contributed by atoms with Crippen molar-refractivity contribution in [2.75, 3.05) is 24.3 Å². The molecule has 0 radical (unpaired) electrons. The largest absolute Gasteiger partial charge is 0.495 e. The lowest BCUT2D eigenvalue weighted by Gasteiger charge is -2.14. The summed E-state index contributed by atoms with van der Waals surface area (Å²) in [6.45, 7) is 1.94. The van der Waals surface area contributed by atoms with Gasteiger partial charge in [-0.15, -0.1) is 0 Å². The predicted molar refractivity (Wildman–Crippen MR) is 105 cm³/mol. The van der Waals surface area contributed by atoms with E-state index < -0.39 is 0 Å². The van der Waals surface area contributed by atoms with Crippen LogP contribution in [0.2, 0.25) is 5.02 Å². The van der Waals surface area contributed by atoms with Gasteiger partial charge in [-0.2, -0.15) is 0 Å². The molecule has 0 atom stereocenters. The van der Waals surface area contributed by atoms with Crippen LogP contribution < -0.4 is 26.2 Å². The number of ether oxygens (including phenoxy) is 1. The highest BCUT2D eigenvalue weighted by molar-refractivity contribution is 7.80. The lowest BCUT2D eigenvalue weighted by Crippen LogP contribution is -2.46. The summed E-state index contributed by atoms with van der Waals surface area (Å²) in [5.41, 5.74) is 7.54. The number of amides is 1. The number of carbonyl (C=O) groups is 1. The molecule has 2 rings (SSSR count). The Bertz CT molecular complexity index is 770. The molecule has 0 fully saturated rings. The monoisotopic (exact) mass is 378 g/mol. The first-order valence-electron chi connectivity index (χ1n) is 7.49. The number of thiocarbonyl (C=S) groups is 1. The molecular weight excluding hydrogens is 360 g/mol. The summed E-state index contributed by atoms with van der Waals surface area (Å²) in [5.74, 6) is 0.384. The van der Waals surface area contributed by atoms with Crippen molar-refractivity contribution in [3.05, 3.63) is 53.1 Å². The Morgan fingerprint density at radius 2 is 1.84 bits per heavy atom. The van der Waals surface area contributed by atoms with E-state index in [1.165, 1.54) is 0 Å². The maximum absolute atomic E-state index is 11.9. The number of hydrogen-bond donors (Lipinski definition) is 4. The first-order chi connectivity index (χ1) is 12.0. The fraction of sp³-hybridized carbons (Fsp3) is 0.176. The van der Waals surface area contributed by atoms with Crippen molar-refractivity contribution in [2.45, 2.75) is 6.92 Å². The summed E-state index contributed by atoms with van der Waals surface area (Å²) in [7, 11) is 1.57. The van der Waals surface area contributed by atoms with Gasteiger partial charge in [-0.3, -0.25) is 15.6 Å². The molecule has 0 aliphatic rings. The second-order valence-electron chi connectivity index (χ2n) is 5.09. The van der Waals surface area contributed by atoms with Crippen LogP contribution in [0.5, 0.6) is 5.75 Å². The average molecular weight is 379 g/mol. The summed E-state index contributed by atoms with van der Waals surface area (Å²) in [4.78, 5) is 11.9. The van der Waals surface area contributed by atoms with Crippen molar-refractivity contribution in [1.29, 1.82) is 0 Å². The zero-order valence-electron chi connectivity index (χ0n) is 13.9. The molecule has 0 unspecified atom stereocenters. The van der Waals surface area contributed by atoms with E-state index in [1.807, 2.05) is 43.3 Å². The van der Waals surface area contributed by atoms with Gasteiger partial charge in [0, 0.05) is 10.7 Å². The van der Waals surface area contributed by atoms with Crippen molar-refractivity contribution in [1.82, 2.24) is 10.9 Å². The Hall–Kier alpha value is -2.51. The number of para-hydroxylation sites is 2. The molecule has 6 nitrogen and oxygen atoms in total. The third kappa shape index (κ3) is 5.51. The molecule has 2 aromatic rings. The van der Waals surface area contributed by atoms with E-state index in [1.54, 1.807) is 13.2 Å². The average Bonchev–Trinajstić information content (AvgIpc) is 2.62. The highest BCUT2D eigenvalue weighted by Crippen LogP contribution is 2.23. The lowest BCUT2D eigenvalue weighted by molar-refractivity contribution is -0.119. The fourth-order valence-corrected chi connectivity index (χ4v) is 2.37. The molecule has 25 heavy (non-hydrogen) atoms. The van der Waals surface area contributed by atoms with Gasteiger partial charge in [0.25, 0.3) is 5.91 Å². The Balaban J connectivity index is 1.79. The van der Waals surface area contributed by atoms with E-state index in [0.717, 1.165) is 16.9 Å². The van der Waals surface area contributed by atoms with Gasteiger partial charge in [0.05, 0.1) is 19.3 Å². The van der Waals surface area contributed by atoms with Crippen molar-refractivity contribution >= 4 is 46.2 Å². The van der Waals surface area contributed by atoms with Crippen molar-refractivity contribution in [3.63, 3.8) is 0 Å². The third-order valence-corrected chi connectivity index (χ3v) is 3.99. The summed E-state index contributed by atoms with van der Waals surface area (Å²) < 4.78 is 5.21. The minimum absolute atomic E-state index is 0.0617. The number of halogens is 1. The number of hydrazine groups is 1. The number of hydrogen-bond acceptors (Lipinski definition) is 4. The molecular formula is C17H19ClN4O2S. The Labute approximate surface area is 156 Å². The van der Waals surface area contributed by atoms with Crippen LogP contribution in [0.4, 0.5) is 11.4 Å². The van der Waals surface area contributed by atoms with E-state index in [-0.39, 0.29) is 17.6 Å². The zero-order valence-corrected chi connectivity index (χ0v) is 15.4. The Kier molecular flexibility index (Phi) is 6.85. The van der Waals surface area contributed by atoms with E-state index in [4.69, 9.17) is 28.6 Å². The Morgan fingerprint density at radius 1 is 1.12 bits per heavy atom. The fourth-order valence-electron chi connectivity index (χ4n) is 2.03. The molecule has 0 aliphatic carbocycles. The van der Waals surface area contributed by atoms with Crippen LogP contribution in [-0.2, 0) is 4.79 Å². The first-order valence-corrected chi connectivity index (χ1v) is 8.27. The first kappa shape index (κ1) is 18.8. The van der Waals surface area contributed by atoms with E-state index in [9.17, 15) is 4.79 Å². The number of carbonyl (C=O) groups excluding carboxylic acids is 1. The van der Waals surface area contributed by atoms with Gasteiger partial charge in [0.15, 0.2) is 5.11 Å². The highest BCUT2D eigenvalue weighted by atomic mass is 35.5. The predicted octanol–water partition coefficient (Wildman–Crippen LogP) is 3.09. The number of nitrogens with one attached hydrogen (secondary N) is 4. The van der Waals surface area contributed by atoms with Crippen LogP contribution in [-0.4, -0.2) is 24.7 Å². The molecule has 1 amide bonds.